The van der Waals surface area contributed by atoms with E-state index in [9.17, 15) is 9.50 Å². The van der Waals surface area contributed by atoms with Crippen LogP contribution in [0.3, 0.4) is 0 Å². The fourth-order valence-corrected chi connectivity index (χ4v) is 1.26. The van der Waals surface area contributed by atoms with E-state index in [1.54, 1.807) is 0 Å². The Labute approximate surface area is 75.0 Å². The molecule has 0 rings (SSSR count). The number of rotatable bonds is 8. The van der Waals surface area contributed by atoms with E-state index in [0.717, 1.165) is 19.3 Å². The second-order valence-electron chi connectivity index (χ2n) is 3.32. The van der Waals surface area contributed by atoms with Gasteiger partial charge in [-0.15, -0.1) is 0 Å². The van der Waals surface area contributed by atoms with Crippen LogP contribution in [0.2, 0.25) is 0 Å². The van der Waals surface area contributed by atoms with Gasteiger partial charge in [-0.2, -0.15) is 5.11 Å². The van der Waals surface area contributed by atoms with Gasteiger partial charge in [0.2, 0.25) is 6.36 Å². The van der Waals surface area contributed by atoms with Gasteiger partial charge in [0.05, 0.1) is 0 Å². The van der Waals surface area contributed by atoms with E-state index in [2.05, 4.69) is 6.92 Å². The summed E-state index contributed by atoms with van der Waals surface area (Å²) in [4.78, 5) is 0. The van der Waals surface area contributed by atoms with Crippen LogP contribution in [0, 0.1) is 0 Å². The molecule has 0 aliphatic heterocycles. The first-order chi connectivity index (χ1) is 5.77. The molecule has 0 saturated carbocycles. The number of unbranched alkanes of at least 4 members (excludes halogenated alkanes) is 6. The van der Waals surface area contributed by atoms with Gasteiger partial charge in [-0.1, -0.05) is 45.4 Å². The zero-order valence-corrected chi connectivity index (χ0v) is 8.02. The number of hydrogen-bond acceptors (Lipinski definition) is 0. The molecular formula is C10H20FO. The van der Waals surface area contributed by atoms with Gasteiger partial charge in [0.15, 0.2) is 0 Å². The second kappa shape index (κ2) is 8.98. The van der Waals surface area contributed by atoms with E-state index >= 15 is 0 Å². The maximum absolute atomic E-state index is 11.8. The minimum Gasteiger partial charge on any atom is -0.213 e. The molecule has 73 valence electrons. The molecular weight excluding hydrogens is 155 g/mol. The zero-order valence-electron chi connectivity index (χ0n) is 8.02. The zero-order chi connectivity index (χ0) is 9.23. The van der Waals surface area contributed by atoms with E-state index in [4.69, 9.17) is 0 Å². The molecule has 0 aliphatic carbocycles. The molecule has 1 atom stereocenters. The Morgan fingerprint density at radius 1 is 1.00 bits per heavy atom. The minimum absolute atomic E-state index is 0.202. The summed E-state index contributed by atoms with van der Waals surface area (Å²) in [5.41, 5.74) is 0. The molecule has 1 nitrogen and oxygen atoms in total. The smallest absolute Gasteiger partial charge is 0.213 e. The quantitative estimate of drug-likeness (QED) is 0.499. The molecule has 0 aromatic heterocycles. The van der Waals surface area contributed by atoms with Crippen LogP contribution in [0.1, 0.15) is 58.3 Å². The average Bonchev–Trinajstić information content (AvgIpc) is 2.02. The molecule has 12 heavy (non-hydrogen) atoms. The molecule has 0 saturated heterocycles. The van der Waals surface area contributed by atoms with Crippen LogP contribution in [-0.2, 0) is 5.11 Å². The highest BCUT2D eigenvalue weighted by atomic mass is 19.1. The second-order valence-corrected chi connectivity index (χ2v) is 3.32. The lowest BCUT2D eigenvalue weighted by atomic mass is 10.1. The molecule has 0 heterocycles. The fourth-order valence-electron chi connectivity index (χ4n) is 1.26. The van der Waals surface area contributed by atoms with Crippen molar-refractivity contribution in [1.82, 2.24) is 0 Å². The van der Waals surface area contributed by atoms with Gasteiger partial charge in [0, 0.05) is 6.42 Å². The van der Waals surface area contributed by atoms with Crippen LogP contribution in [-0.4, -0.2) is 6.36 Å². The van der Waals surface area contributed by atoms with E-state index < -0.39 is 6.36 Å². The molecule has 0 spiro atoms. The van der Waals surface area contributed by atoms with E-state index in [1.165, 1.54) is 25.7 Å². The molecule has 0 aliphatic rings. The first-order valence-electron chi connectivity index (χ1n) is 5.07. The Morgan fingerprint density at radius 2 is 1.50 bits per heavy atom. The maximum atomic E-state index is 11.8. The summed E-state index contributed by atoms with van der Waals surface area (Å²) in [6.07, 6.45) is 6.38. The molecule has 0 aromatic rings. The molecule has 0 amide bonds. The standard InChI is InChI=1S/C10H20FO/c1-2-3-4-5-6-7-8-9-10(11)12/h10H,2-9H2,1H3. The summed E-state index contributed by atoms with van der Waals surface area (Å²) in [6.45, 7) is 2.19. The highest BCUT2D eigenvalue weighted by Crippen LogP contribution is 2.09. The lowest BCUT2D eigenvalue weighted by Gasteiger charge is -2.00. The van der Waals surface area contributed by atoms with Crippen molar-refractivity contribution in [2.45, 2.75) is 64.6 Å². The van der Waals surface area contributed by atoms with Crippen molar-refractivity contribution < 1.29 is 9.50 Å². The van der Waals surface area contributed by atoms with Crippen LogP contribution < -0.4 is 0 Å². The van der Waals surface area contributed by atoms with E-state index in [0.29, 0.717) is 0 Å². The lowest BCUT2D eigenvalue weighted by Crippen LogP contribution is -1.93. The van der Waals surface area contributed by atoms with Gasteiger partial charge in [0.1, 0.15) is 0 Å². The van der Waals surface area contributed by atoms with Gasteiger partial charge < -0.3 is 0 Å². The molecule has 1 radical (unpaired) electrons. The van der Waals surface area contributed by atoms with Crippen LogP contribution in [0.25, 0.3) is 0 Å². The minimum atomic E-state index is -1.85. The molecule has 0 aromatic carbocycles. The molecule has 1 unspecified atom stereocenters. The van der Waals surface area contributed by atoms with Crippen LogP contribution in [0.5, 0.6) is 0 Å². The molecule has 0 bridgehead atoms. The van der Waals surface area contributed by atoms with Crippen LogP contribution >= 0.6 is 0 Å². The Kier molecular flexibility index (Phi) is 8.90. The van der Waals surface area contributed by atoms with Crippen molar-refractivity contribution >= 4 is 0 Å². The molecule has 2 heteroatoms. The Balaban J connectivity index is 2.82. The van der Waals surface area contributed by atoms with Crippen molar-refractivity contribution in [1.29, 1.82) is 0 Å². The fraction of sp³-hybridized carbons (Fsp3) is 1.00. The predicted molar refractivity (Wildman–Crippen MR) is 48.2 cm³/mol. The largest absolute Gasteiger partial charge is 0.231 e. The molecule has 0 fully saturated rings. The van der Waals surface area contributed by atoms with E-state index in [-0.39, 0.29) is 6.42 Å². The summed E-state index contributed by atoms with van der Waals surface area (Å²) in [5, 5.41) is 10.00. The highest BCUT2D eigenvalue weighted by molar-refractivity contribution is 4.46. The van der Waals surface area contributed by atoms with Crippen LogP contribution in [0.15, 0.2) is 0 Å². The van der Waals surface area contributed by atoms with Crippen molar-refractivity contribution in [3.63, 3.8) is 0 Å². The van der Waals surface area contributed by atoms with Crippen molar-refractivity contribution in [2.75, 3.05) is 0 Å². The van der Waals surface area contributed by atoms with Gasteiger partial charge in [-0.3, -0.25) is 0 Å². The third kappa shape index (κ3) is 9.89. The monoisotopic (exact) mass is 175 g/mol. The average molecular weight is 175 g/mol. The Bertz CT molecular complexity index is 83.9. The van der Waals surface area contributed by atoms with Crippen LogP contribution in [0.4, 0.5) is 4.39 Å². The summed E-state index contributed by atoms with van der Waals surface area (Å²) in [5.74, 6) is 0. The lowest BCUT2D eigenvalue weighted by molar-refractivity contribution is -0.0296. The van der Waals surface area contributed by atoms with Gasteiger partial charge in [-0.25, -0.2) is 4.39 Å². The third-order valence-electron chi connectivity index (χ3n) is 2.03. The molecule has 0 N–H and O–H groups in total. The summed E-state index contributed by atoms with van der Waals surface area (Å²) < 4.78 is 11.8. The predicted octanol–water partition coefficient (Wildman–Crippen LogP) is 3.85. The Morgan fingerprint density at radius 3 is 2.00 bits per heavy atom. The number of hydrogen-bond donors (Lipinski definition) is 0. The first-order valence-corrected chi connectivity index (χ1v) is 5.07. The highest BCUT2D eigenvalue weighted by Gasteiger charge is 2.00. The number of halogens is 1. The topological polar surface area (TPSA) is 19.9 Å². The van der Waals surface area contributed by atoms with Gasteiger partial charge in [0.25, 0.3) is 0 Å². The van der Waals surface area contributed by atoms with Crippen molar-refractivity contribution in [3.8, 4) is 0 Å². The third-order valence-corrected chi connectivity index (χ3v) is 2.03. The SMILES string of the molecule is CCCCCCCCCC([O])F. The van der Waals surface area contributed by atoms with E-state index in [1.807, 2.05) is 0 Å². The van der Waals surface area contributed by atoms with Gasteiger partial charge >= 0.3 is 0 Å². The number of alkyl halides is 1. The summed E-state index contributed by atoms with van der Waals surface area (Å²) in [7, 11) is 0. The van der Waals surface area contributed by atoms with Crippen molar-refractivity contribution in [2.24, 2.45) is 0 Å². The van der Waals surface area contributed by atoms with Crippen molar-refractivity contribution in [3.05, 3.63) is 0 Å². The van der Waals surface area contributed by atoms with Gasteiger partial charge in [-0.05, 0) is 6.42 Å². The maximum Gasteiger partial charge on any atom is 0.231 e. The normalized spacial score (nSPS) is 13.2. The Hall–Kier alpha value is -0.110. The summed E-state index contributed by atoms with van der Waals surface area (Å²) in [6, 6.07) is 0. The summed E-state index contributed by atoms with van der Waals surface area (Å²) >= 11 is 0. The first kappa shape index (κ1) is 11.9.